The summed E-state index contributed by atoms with van der Waals surface area (Å²) in [5, 5.41) is 3.15. The highest BCUT2D eigenvalue weighted by molar-refractivity contribution is 5.29. The first kappa shape index (κ1) is 10.7. The van der Waals surface area contributed by atoms with Crippen molar-refractivity contribution >= 4 is 5.95 Å². The maximum absolute atomic E-state index is 12.9. The van der Waals surface area contributed by atoms with Gasteiger partial charge >= 0.3 is 0 Å². The predicted molar refractivity (Wildman–Crippen MR) is 61.9 cm³/mol. The summed E-state index contributed by atoms with van der Waals surface area (Å²) in [7, 11) is 0. The van der Waals surface area contributed by atoms with Crippen molar-refractivity contribution in [1.82, 2.24) is 9.97 Å². The molecular formula is C12H14FN3. The molecule has 0 amide bonds. The molecule has 2 rings (SSSR count). The molecule has 1 aromatic heterocycles. The summed E-state index contributed by atoms with van der Waals surface area (Å²) in [4.78, 5) is 7.02. The zero-order valence-electron chi connectivity index (χ0n) is 9.13. The lowest BCUT2D eigenvalue weighted by Gasteiger charge is -2.06. The number of hydrogen-bond acceptors (Lipinski definition) is 2. The molecule has 0 aliphatic heterocycles. The highest BCUT2D eigenvalue weighted by atomic mass is 19.1. The Morgan fingerprint density at radius 2 is 2.31 bits per heavy atom. The Labute approximate surface area is 93.7 Å². The number of anilines is 1. The summed E-state index contributed by atoms with van der Waals surface area (Å²) in [6, 6.07) is 4.88. The number of benzene rings is 1. The van der Waals surface area contributed by atoms with Gasteiger partial charge in [0.2, 0.25) is 0 Å². The number of nitrogens with zero attached hydrogens (tertiary/aromatic N) is 1. The summed E-state index contributed by atoms with van der Waals surface area (Å²) in [5.41, 5.74) is 2.14. The lowest BCUT2D eigenvalue weighted by Crippen LogP contribution is -2.07. The fraction of sp³-hybridized carbons (Fsp3) is 0.250. The second-order valence-corrected chi connectivity index (χ2v) is 3.69. The highest BCUT2D eigenvalue weighted by Gasteiger charge is 2.00. The molecular weight excluding hydrogens is 205 g/mol. The second kappa shape index (κ2) is 4.79. The van der Waals surface area contributed by atoms with E-state index in [0.29, 0.717) is 0 Å². The minimum absolute atomic E-state index is 0.180. The smallest absolute Gasteiger partial charge is 0.200 e. The van der Waals surface area contributed by atoms with Crippen molar-refractivity contribution in [1.29, 1.82) is 0 Å². The Kier molecular flexibility index (Phi) is 3.19. The Bertz CT molecular complexity index is 451. The molecule has 0 aliphatic carbocycles. The number of halogens is 1. The quantitative estimate of drug-likeness (QED) is 0.829. The Morgan fingerprint density at radius 1 is 1.44 bits per heavy atom. The standard InChI is InChI=1S/C12H14FN3/c1-9-8-11(13)3-2-10(9)4-5-14-12-15-6-7-16-12/h2-3,6-8H,4-5H2,1H3,(H2,14,15,16). The molecule has 0 atom stereocenters. The summed E-state index contributed by atoms with van der Waals surface area (Å²) < 4.78 is 12.9. The average Bonchev–Trinajstić information content (AvgIpc) is 2.74. The largest absolute Gasteiger partial charge is 0.355 e. The average molecular weight is 219 g/mol. The third-order valence-electron chi connectivity index (χ3n) is 2.49. The zero-order chi connectivity index (χ0) is 11.4. The molecule has 16 heavy (non-hydrogen) atoms. The van der Waals surface area contributed by atoms with Crippen LogP contribution in [0, 0.1) is 12.7 Å². The van der Waals surface area contributed by atoms with Crippen molar-refractivity contribution in [3.8, 4) is 0 Å². The Balaban J connectivity index is 1.90. The van der Waals surface area contributed by atoms with Gasteiger partial charge in [-0.1, -0.05) is 6.07 Å². The van der Waals surface area contributed by atoms with Gasteiger partial charge in [0.25, 0.3) is 0 Å². The SMILES string of the molecule is Cc1cc(F)ccc1CCNc1ncc[nH]1. The van der Waals surface area contributed by atoms with Crippen LogP contribution in [0.5, 0.6) is 0 Å². The van der Waals surface area contributed by atoms with Gasteiger partial charge < -0.3 is 10.3 Å². The molecule has 0 fully saturated rings. The van der Waals surface area contributed by atoms with Crippen LogP contribution in [0.25, 0.3) is 0 Å². The van der Waals surface area contributed by atoms with Crippen LogP contribution in [0.15, 0.2) is 30.6 Å². The molecule has 0 spiro atoms. The van der Waals surface area contributed by atoms with Gasteiger partial charge in [-0.05, 0) is 36.6 Å². The first-order chi connectivity index (χ1) is 7.75. The second-order valence-electron chi connectivity index (χ2n) is 3.69. The Morgan fingerprint density at radius 3 is 3.00 bits per heavy atom. The van der Waals surface area contributed by atoms with Crippen LogP contribution in [-0.2, 0) is 6.42 Å². The van der Waals surface area contributed by atoms with E-state index in [9.17, 15) is 4.39 Å². The number of rotatable bonds is 4. The molecule has 0 saturated heterocycles. The summed E-state index contributed by atoms with van der Waals surface area (Å²) in [6.07, 6.45) is 4.32. The summed E-state index contributed by atoms with van der Waals surface area (Å²) >= 11 is 0. The van der Waals surface area contributed by atoms with E-state index >= 15 is 0 Å². The van der Waals surface area contributed by atoms with Crippen LogP contribution in [-0.4, -0.2) is 16.5 Å². The fourth-order valence-electron chi connectivity index (χ4n) is 1.62. The van der Waals surface area contributed by atoms with Crippen molar-refractivity contribution in [3.63, 3.8) is 0 Å². The topological polar surface area (TPSA) is 40.7 Å². The molecule has 84 valence electrons. The van der Waals surface area contributed by atoms with E-state index in [2.05, 4.69) is 15.3 Å². The van der Waals surface area contributed by atoms with Crippen molar-refractivity contribution in [2.75, 3.05) is 11.9 Å². The lowest BCUT2D eigenvalue weighted by atomic mass is 10.1. The van der Waals surface area contributed by atoms with E-state index < -0.39 is 0 Å². The third kappa shape index (κ3) is 2.59. The normalized spacial score (nSPS) is 10.4. The molecule has 0 bridgehead atoms. The molecule has 0 saturated carbocycles. The number of aromatic nitrogens is 2. The van der Waals surface area contributed by atoms with Gasteiger partial charge in [-0.25, -0.2) is 9.37 Å². The van der Waals surface area contributed by atoms with Crippen LogP contribution in [0.4, 0.5) is 10.3 Å². The van der Waals surface area contributed by atoms with Crippen LogP contribution < -0.4 is 5.32 Å². The van der Waals surface area contributed by atoms with E-state index in [1.54, 1.807) is 18.5 Å². The van der Waals surface area contributed by atoms with Crippen LogP contribution in [0.1, 0.15) is 11.1 Å². The lowest BCUT2D eigenvalue weighted by molar-refractivity contribution is 0.625. The molecule has 0 aliphatic rings. The third-order valence-corrected chi connectivity index (χ3v) is 2.49. The van der Waals surface area contributed by atoms with Gasteiger partial charge in [0.05, 0.1) is 0 Å². The maximum atomic E-state index is 12.9. The molecule has 2 N–H and O–H groups in total. The number of nitrogens with one attached hydrogen (secondary N) is 2. The van der Waals surface area contributed by atoms with Crippen molar-refractivity contribution < 1.29 is 4.39 Å². The van der Waals surface area contributed by atoms with E-state index in [4.69, 9.17) is 0 Å². The molecule has 0 unspecified atom stereocenters. The predicted octanol–water partition coefficient (Wildman–Crippen LogP) is 2.51. The minimum atomic E-state index is -0.180. The first-order valence-corrected chi connectivity index (χ1v) is 5.24. The van der Waals surface area contributed by atoms with Crippen molar-refractivity contribution in [3.05, 3.63) is 47.5 Å². The molecule has 3 nitrogen and oxygen atoms in total. The van der Waals surface area contributed by atoms with Gasteiger partial charge in [0.15, 0.2) is 5.95 Å². The molecule has 2 aromatic rings. The summed E-state index contributed by atoms with van der Waals surface area (Å²) in [5.74, 6) is 0.583. The minimum Gasteiger partial charge on any atom is -0.355 e. The van der Waals surface area contributed by atoms with Crippen LogP contribution >= 0.6 is 0 Å². The zero-order valence-corrected chi connectivity index (χ0v) is 9.13. The van der Waals surface area contributed by atoms with Gasteiger partial charge in [0.1, 0.15) is 5.82 Å². The molecule has 1 aromatic carbocycles. The van der Waals surface area contributed by atoms with Gasteiger partial charge in [-0.15, -0.1) is 0 Å². The van der Waals surface area contributed by atoms with Crippen LogP contribution in [0.3, 0.4) is 0 Å². The number of aryl methyl sites for hydroxylation is 1. The highest BCUT2D eigenvalue weighted by Crippen LogP contribution is 2.10. The number of imidazole rings is 1. The molecule has 4 heteroatoms. The number of aromatic amines is 1. The fourth-order valence-corrected chi connectivity index (χ4v) is 1.62. The van der Waals surface area contributed by atoms with Gasteiger partial charge in [0, 0.05) is 18.9 Å². The first-order valence-electron chi connectivity index (χ1n) is 5.24. The molecule has 0 radical (unpaired) electrons. The van der Waals surface area contributed by atoms with Crippen LogP contribution in [0.2, 0.25) is 0 Å². The maximum Gasteiger partial charge on any atom is 0.200 e. The van der Waals surface area contributed by atoms with Crippen molar-refractivity contribution in [2.24, 2.45) is 0 Å². The summed E-state index contributed by atoms with van der Waals surface area (Å²) in [6.45, 7) is 2.70. The van der Waals surface area contributed by atoms with E-state index in [0.717, 1.165) is 30.0 Å². The van der Waals surface area contributed by atoms with E-state index in [1.165, 1.54) is 6.07 Å². The number of hydrogen-bond donors (Lipinski definition) is 2. The van der Waals surface area contributed by atoms with Gasteiger partial charge in [-0.3, -0.25) is 0 Å². The van der Waals surface area contributed by atoms with E-state index in [1.807, 2.05) is 13.0 Å². The number of H-pyrrole nitrogens is 1. The Hall–Kier alpha value is -1.84. The van der Waals surface area contributed by atoms with Gasteiger partial charge in [-0.2, -0.15) is 0 Å². The molecule has 1 heterocycles. The van der Waals surface area contributed by atoms with E-state index in [-0.39, 0.29) is 5.82 Å². The van der Waals surface area contributed by atoms with Crippen molar-refractivity contribution in [2.45, 2.75) is 13.3 Å². The monoisotopic (exact) mass is 219 g/mol.